The molecule has 0 aromatic heterocycles. The van der Waals surface area contributed by atoms with Gasteiger partial charge in [-0.2, -0.15) is 0 Å². The lowest BCUT2D eigenvalue weighted by Gasteiger charge is -2.05. The summed E-state index contributed by atoms with van der Waals surface area (Å²) in [7, 11) is -0.760. The standard InChI is InChI=1S/C14H19NSi/c1-16(2)9-8-12-4-3-5-14(10-12)15-11-13-6-7-13/h3-5,10,13,15-16H,6-7,11H2,1-2H3. The maximum atomic E-state index is 3.48. The number of rotatable bonds is 3. The summed E-state index contributed by atoms with van der Waals surface area (Å²) < 4.78 is 0. The molecule has 0 saturated heterocycles. The SMILES string of the molecule is C[SiH](C)C#Cc1cccc(NCC2CC2)c1. The molecule has 0 spiro atoms. The lowest BCUT2D eigenvalue weighted by molar-refractivity contribution is 0.889. The minimum absolute atomic E-state index is 0.760. The largest absolute Gasteiger partial charge is 0.385 e. The molecule has 1 fully saturated rings. The van der Waals surface area contributed by atoms with Gasteiger partial charge in [-0.1, -0.05) is 25.1 Å². The van der Waals surface area contributed by atoms with Gasteiger partial charge in [0.1, 0.15) is 8.80 Å². The highest BCUT2D eigenvalue weighted by atomic mass is 28.3. The molecular formula is C14H19NSi. The van der Waals surface area contributed by atoms with E-state index < -0.39 is 8.80 Å². The van der Waals surface area contributed by atoms with Gasteiger partial charge in [-0.25, -0.2) is 0 Å². The van der Waals surface area contributed by atoms with Crippen LogP contribution in [0.5, 0.6) is 0 Å². The number of nitrogens with one attached hydrogen (secondary N) is 1. The Balaban J connectivity index is 1.98. The molecule has 1 aromatic carbocycles. The van der Waals surface area contributed by atoms with Crippen LogP contribution < -0.4 is 5.32 Å². The molecule has 1 aromatic rings. The predicted molar refractivity (Wildman–Crippen MR) is 73.4 cm³/mol. The van der Waals surface area contributed by atoms with Gasteiger partial charge in [-0.05, 0) is 37.0 Å². The van der Waals surface area contributed by atoms with Gasteiger partial charge in [0.15, 0.2) is 0 Å². The molecule has 1 aliphatic carbocycles. The first kappa shape index (κ1) is 11.3. The molecule has 2 rings (SSSR count). The Morgan fingerprint density at radius 2 is 2.19 bits per heavy atom. The van der Waals surface area contributed by atoms with E-state index in [1.807, 2.05) is 0 Å². The van der Waals surface area contributed by atoms with Crippen molar-refractivity contribution in [3.05, 3.63) is 29.8 Å². The summed E-state index contributed by atoms with van der Waals surface area (Å²) in [6.45, 7) is 5.63. The van der Waals surface area contributed by atoms with Crippen molar-refractivity contribution >= 4 is 14.5 Å². The van der Waals surface area contributed by atoms with Crippen LogP contribution in [0.25, 0.3) is 0 Å². The third-order valence-electron chi connectivity index (χ3n) is 2.66. The summed E-state index contributed by atoms with van der Waals surface area (Å²) in [5.41, 5.74) is 5.68. The Labute approximate surface area is 99.9 Å². The average Bonchev–Trinajstić information content (AvgIpc) is 3.08. The highest BCUT2D eigenvalue weighted by Crippen LogP contribution is 2.28. The Kier molecular flexibility index (Phi) is 3.69. The van der Waals surface area contributed by atoms with Crippen LogP contribution in [0.2, 0.25) is 13.1 Å². The topological polar surface area (TPSA) is 12.0 Å². The van der Waals surface area contributed by atoms with Crippen LogP contribution in [0.15, 0.2) is 24.3 Å². The fourth-order valence-corrected chi connectivity index (χ4v) is 1.97. The molecule has 84 valence electrons. The van der Waals surface area contributed by atoms with Gasteiger partial charge in [0.05, 0.1) is 0 Å². The summed E-state index contributed by atoms with van der Waals surface area (Å²) >= 11 is 0. The molecule has 0 bridgehead atoms. The third-order valence-corrected chi connectivity index (χ3v) is 3.38. The maximum Gasteiger partial charge on any atom is 0.117 e. The van der Waals surface area contributed by atoms with E-state index in [2.05, 4.69) is 54.1 Å². The number of anilines is 1. The van der Waals surface area contributed by atoms with Gasteiger partial charge in [0, 0.05) is 17.8 Å². The quantitative estimate of drug-likeness (QED) is 0.621. The minimum Gasteiger partial charge on any atom is -0.385 e. The van der Waals surface area contributed by atoms with Crippen LogP contribution in [-0.4, -0.2) is 15.3 Å². The lowest BCUT2D eigenvalue weighted by atomic mass is 10.2. The number of benzene rings is 1. The number of hydrogen-bond donors (Lipinski definition) is 1. The zero-order valence-electron chi connectivity index (χ0n) is 10.1. The molecule has 0 atom stereocenters. The fraction of sp³-hybridized carbons (Fsp3) is 0.429. The van der Waals surface area contributed by atoms with Crippen molar-refractivity contribution in [2.75, 3.05) is 11.9 Å². The highest BCUT2D eigenvalue weighted by Gasteiger charge is 2.20. The molecule has 16 heavy (non-hydrogen) atoms. The molecular weight excluding hydrogens is 210 g/mol. The van der Waals surface area contributed by atoms with Crippen LogP contribution in [0.3, 0.4) is 0 Å². The zero-order chi connectivity index (χ0) is 11.4. The number of hydrogen-bond acceptors (Lipinski definition) is 1. The Bertz CT molecular complexity index is 410. The van der Waals surface area contributed by atoms with Crippen LogP contribution >= 0.6 is 0 Å². The maximum absolute atomic E-state index is 3.48. The third kappa shape index (κ3) is 3.75. The van der Waals surface area contributed by atoms with Crippen LogP contribution in [0.4, 0.5) is 5.69 Å². The zero-order valence-corrected chi connectivity index (χ0v) is 11.2. The fourth-order valence-electron chi connectivity index (χ4n) is 1.52. The van der Waals surface area contributed by atoms with Crippen LogP contribution in [0, 0.1) is 17.4 Å². The van der Waals surface area contributed by atoms with Crippen molar-refractivity contribution in [3.63, 3.8) is 0 Å². The van der Waals surface area contributed by atoms with Gasteiger partial charge in [-0.3, -0.25) is 0 Å². The summed E-state index contributed by atoms with van der Waals surface area (Å²) in [4.78, 5) is 0. The van der Waals surface area contributed by atoms with E-state index in [0.29, 0.717) is 0 Å². The summed E-state index contributed by atoms with van der Waals surface area (Å²) in [6.07, 6.45) is 2.79. The molecule has 0 aliphatic heterocycles. The highest BCUT2D eigenvalue weighted by molar-refractivity contribution is 6.64. The first-order valence-electron chi connectivity index (χ1n) is 6.09. The minimum atomic E-state index is -0.760. The summed E-state index contributed by atoms with van der Waals surface area (Å²) in [6, 6.07) is 8.46. The van der Waals surface area contributed by atoms with Crippen LogP contribution in [0.1, 0.15) is 18.4 Å². The Hall–Kier alpha value is -1.20. The molecule has 1 nitrogen and oxygen atoms in total. The molecule has 0 heterocycles. The lowest BCUT2D eigenvalue weighted by Crippen LogP contribution is -2.02. The van der Waals surface area contributed by atoms with E-state index in [1.165, 1.54) is 18.5 Å². The van der Waals surface area contributed by atoms with Gasteiger partial charge in [0.25, 0.3) is 0 Å². The van der Waals surface area contributed by atoms with E-state index in [9.17, 15) is 0 Å². The molecule has 0 unspecified atom stereocenters. The van der Waals surface area contributed by atoms with Crippen molar-refractivity contribution in [1.82, 2.24) is 0 Å². The van der Waals surface area contributed by atoms with E-state index in [1.54, 1.807) is 0 Å². The van der Waals surface area contributed by atoms with Crippen molar-refractivity contribution in [2.24, 2.45) is 5.92 Å². The van der Waals surface area contributed by atoms with E-state index in [0.717, 1.165) is 18.0 Å². The van der Waals surface area contributed by atoms with Crippen molar-refractivity contribution in [2.45, 2.75) is 25.9 Å². The molecule has 1 N–H and O–H groups in total. The van der Waals surface area contributed by atoms with Crippen molar-refractivity contribution in [3.8, 4) is 11.5 Å². The second-order valence-corrected chi connectivity index (χ2v) is 7.43. The predicted octanol–water partition coefficient (Wildman–Crippen LogP) is 2.89. The molecule has 1 saturated carbocycles. The normalized spacial score (nSPS) is 14.4. The molecule has 2 heteroatoms. The van der Waals surface area contributed by atoms with Gasteiger partial charge in [0.2, 0.25) is 0 Å². The van der Waals surface area contributed by atoms with Gasteiger partial charge < -0.3 is 5.32 Å². The summed E-state index contributed by atoms with van der Waals surface area (Å²) in [5.74, 6) is 4.17. The average molecular weight is 229 g/mol. The molecule has 1 aliphatic rings. The molecule has 0 amide bonds. The Morgan fingerprint density at radius 1 is 1.38 bits per heavy atom. The van der Waals surface area contributed by atoms with Crippen molar-refractivity contribution < 1.29 is 0 Å². The monoisotopic (exact) mass is 229 g/mol. The Morgan fingerprint density at radius 3 is 2.88 bits per heavy atom. The first-order valence-corrected chi connectivity index (χ1v) is 8.98. The smallest absolute Gasteiger partial charge is 0.117 e. The van der Waals surface area contributed by atoms with Gasteiger partial charge in [-0.15, -0.1) is 5.54 Å². The van der Waals surface area contributed by atoms with Crippen molar-refractivity contribution in [1.29, 1.82) is 0 Å². The van der Waals surface area contributed by atoms with E-state index >= 15 is 0 Å². The van der Waals surface area contributed by atoms with Crippen LogP contribution in [-0.2, 0) is 0 Å². The second kappa shape index (κ2) is 5.22. The van der Waals surface area contributed by atoms with E-state index in [4.69, 9.17) is 0 Å². The first-order chi connectivity index (χ1) is 7.74. The second-order valence-electron chi connectivity index (χ2n) is 4.83. The molecule has 0 radical (unpaired) electrons. The van der Waals surface area contributed by atoms with Gasteiger partial charge >= 0.3 is 0 Å². The van der Waals surface area contributed by atoms with E-state index in [-0.39, 0.29) is 0 Å². The summed E-state index contributed by atoms with van der Waals surface area (Å²) in [5, 5.41) is 3.48.